The van der Waals surface area contributed by atoms with Gasteiger partial charge in [0.1, 0.15) is 5.54 Å². The second kappa shape index (κ2) is 6.61. The molecule has 1 unspecified atom stereocenters. The lowest BCUT2D eigenvalue weighted by atomic mass is 9.89. The SMILES string of the molecule is CSC(C)C(=O)NC1(c2noc(C)n2)CCCCCC1. The number of nitrogens with zero attached hydrogens (tertiary/aromatic N) is 2. The molecule has 5 nitrogen and oxygen atoms in total. The summed E-state index contributed by atoms with van der Waals surface area (Å²) in [7, 11) is 0. The molecule has 1 amide bonds. The van der Waals surface area contributed by atoms with Crippen molar-refractivity contribution in [2.24, 2.45) is 0 Å². The minimum atomic E-state index is -0.449. The summed E-state index contributed by atoms with van der Waals surface area (Å²) in [5.41, 5.74) is -0.449. The van der Waals surface area contributed by atoms with E-state index in [2.05, 4.69) is 15.5 Å². The van der Waals surface area contributed by atoms with E-state index in [9.17, 15) is 4.79 Å². The normalized spacial score (nSPS) is 20.1. The molecule has 1 aliphatic rings. The number of carbonyl (C=O) groups excluding carboxylic acids is 1. The third-order valence-corrected chi connectivity index (χ3v) is 4.92. The van der Waals surface area contributed by atoms with Gasteiger partial charge in [-0.25, -0.2) is 0 Å². The van der Waals surface area contributed by atoms with Crippen molar-refractivity contribution in [1.29, 1.82) is 0 Å². The van der Waals surface area contributed by atoms with Crippen LogP contribution in [0.3, 0.4) is 0 Å². The van der Waals surface area contributed by atoms with E-state index in [0.29, 0.717) is 11.7 Å². The van der Waals surface area contributed by atoms with E-state index in [1.807, 2.05) is 13.2 Å². The third-order valence-electron chi connectivity index (χ3n) is 4.00. The van der Waals surface area contributed by atoms with Gasteiger partial charge in [-0.05, 0) is 26.0 Å². The van der Waals surface area contributed by atoms with E-state index in [1.165, 1.54) is 12.8 Å². The number of rotatable bonds is 4. The summed E-state index contributed by atoms with van der Waals surface area (Å²) in [5.74, 6) is 1.25. The van der Waals surface area contributed by atoms with E-state index in [4.69, 9.17) is 4.52 Å². The summed E-state index contributed by atoms with van der Waals surface area (Å²) in [6.07, 6.45) is 8.29. The zero-order valence-electron chi connectivity index (χ0n) is 12.4. The average Bonchev–Trinajstić information content (AvgIpc) is 2.74. The van der Waals surface area contributed by atoms with Gasteiger partial charge in [0.15, 0.2) is 5.82 Å². The van der Waals surface area contributed by atoms with E-state index in [1.54, 1.807) is 18.7 Å². The van der Waals surface area contributed by atoms with Crippen molar-refractivity contribution in [2.45, 2.75) is 63.2 Å². The molecule has 0 bridgehead atoms. The van der Waals surface area contributed by atoms with Crippen LogP contribution in [0.5, 0.6) is 0 Å². The van der Waals surface area contributed by atoms with Crippen LogP contribution in [0.1, 0.15) is 57.2 Å². The quantitative estimate of drug-likeness (QED) is 0.866. The zero-order chi connectivity index (χ0) is 14.6. The molecule has 112 valence electrons. The summed E-state index contributed by atoms with van der Waals surface area (Å²) >= 11 is 1.55. The van der Waals surface area contributed by atoms with Crippen molar-refractivity contribution in [2.75, 3.05) is 6.26 Å². The molecule has 1 aliphatic carbocycles. The second-order valence-electron chi connectivity index (χ2n) is 5.50. The number of carbonyl (C=O) groups is 1. The molecule has 1 aromatic rings. The molecule has 1 N–H and O–H groups in total. The molecular weight excluding hydrogens is 274 g/mol. The van der Waals surface area contributed by atoms with Gasteiger partial charge in [-0.15, -0.1) is 0 Å². The molecular formula is C14H23N3O2S. The molecule has 0 saturated heterocycles. The molecule has 20 heavy (non-hydrogen) atoms. The van der Waals surface area contributed by atoms with Crippen molar-refractivity contribution in [3.8, 4) is 0 Å². The highest BCUT2D eigenvalue weighted by Gasteiger charge is 2.39. The molecule has 0 aliphatic heterocycles. The highest BCUT2D eigenvalue weighted by molar-refractivity contribution is 7.99. The third kappa shape index (κ3) is 3.34. The fourth-order valence-corrected chi connectivity index (χ4v) is 2.95. The fourth-order valence-electron chi connectivity index (χ4n) is 2.67. The summed E-state index contributed by atoms with van der Waals surface area (Å²) in [6.45, 7) is 3.71. The molecule has 1 atom stereocenters. The maximum Gasteiger partial charge on any atom is 0.233 e. The first kappa shape index (κ1) is 15.4. The van der Waals surface area contributed by atoms with Crippen molar-refractivity contribution in [3.05, 3.63) is 11.7 Å². The van der Waals surface area contributed by atoms with Crippen molar-refractivity contribution < 1.29 is 9.32 Å². The Morgan fingerprint density at radius 1 is 1.35 bits per heavy atom. The number of amides is 1. The highest BCUT2D eigenvalue weighted by Crippen LogP contribution is 2.35. The van der Waals surface area contributed by atoms with Gasteiger partial charge in [-0.3, -0.25) is 4.79 Å². The molecule has 0 radical (unpaired) electrons. The lowest BCUT2D eigenvalue weighted by molar-refractivity contribution is -0.122. The van der Waals surface area contributed by atoms with E-state index in [-0.39, 0.29) is 11.2 Å². The maximum absolute atomic E-state index is 12.3. The van der Waals surface area contributed by atoms with Crippen LogP contribution in [0.2, 0.25) is 0 Å². The van der Waals surface area contributed by atoms with Crippen LogP contribution in [0.4, 0.5) is 0 Å². The van der Waals surface area contributed by atoms with Crippen LogP contribution < -0.4 is 5.32 Å². The molecule has 1 saturated carbocycles. The van der Waals surface area contributed by atoms with Crippen LogP contribution in [0, 0.1) is 6.92 Å². The number of aryl methyl sites for hydroxylation is 1. The largest absolute Gasteiger partial charge is 0.342 e. The van der Waals surface area contributed by atoms with Gasteiger partial charge in [0, 0.05) is 6.92 Å². The van der Waals surface area contributed by atoms with Crippen LogP contribution >= 0.6 is 11.8 Å². The first-order chi connectivity index (χ1) is 9.57. The second-order valence-corrected chi connectivity index (χ2v) is 6.68. The average molecular weight is 297 g/mol. The lowest BCUT2D eigenvalue weighted by Crippen LogP contribution is -2.49. The smallest absolute Gasteiger partial charge is 0.233 e. The van der Waals surface area contributed by atoms with Crippen molar-refractivity contribution in [3.63, 3.8) is 0 Å². The fraction of sp³-hybridized carbons (Fsp3) is 0.786. The summed E-state index contributed by atoms with van der Waals surface area (Å²) in [5, 5.41) is 7.23. The summed E-state index contributed by atoms with van der Waals surface area (Å²) < 4.78 is 5.13. The van der Waals surface area contributed by atoms with Gasteiger partial charge in [-0.2, -0.15) is 16.7 Å². The summed E-state index contributed by atoms with van der Waals surface area (Å²) in [4.78, 5) is 16.7. The summed E-state index contributed by atoms with van der Waals surface area (Å²) in [6, 6.07) is 0. The van der Waals surface area contributed by atoms with Gasteiger partial charge in [-0.1, -0.05) is 30.8 Å². The van der Waals surface area contributed by atoms with Gasteiger partial charge < -0.3 is 9.84 Å². The van der Waals surface area contributed by atoms with Crippen molar-refractivity contribution >= 4 is 17.7 Å². The van der Waals surface area contributed by atoms with E-state index in [0.717, 1.165) is 25.7 Å². The molecule has 0 spiro atoms. The van der Waals surface area contributed by atoms with Gasteiger partial charge in [0.25, 0.3) is 0 Å². The molecule has 2 rings (SSSR count). The van der Waals surface area contributed by atoms with Gasteiger partial charge in [0.2, 0.25) is 11.8 Å². The monoisotopic (exact) mass is 297 g/mol. The number of thioether (sulfide) groups is 1. The molecule has 0 aromatic carbocycles. The number of aromatic nitrogens is 2. The Labute approximate surface area is 124 Å². The van der Waals surface area contributed by atoms with E-state index >= 15 is 0 Å². The molecule has 1 fully saturated rings. The minimum absolute atomic E-state index is 0.0573. The minimum Gasteiger partial charge on any atom is -0.342 e. The Hall–Kier alpha value is -1.04. The van der Waals surface area contributed by atoms with Gasteiger partial charge >= 0.3 is 0 Å². The van der Waals surface area contributed by atoms with Crippen LogP contribution in [0.15, 0.2) is 4.52 Å². The number of nitrogens with one attached hydrogen (secondary N) is 1. The number of hydrogen-bond donors (Lipinski definition) is 1. The Balaban J connectivity index is 2.26. The first-order valence-electron chi connectivity index (χ1n) is 7.23. The lowest BCUT2D eigenvalue weighted by Gasteiger charge is -2.31. The Kier molecular flexibility index (Phi) is 5.07. The molecule has 1 aromatic heterocycles. The van der Waals surface area contributed by atoms with Crippen molar-refractivity contribution in [1.82, 2.24) is 15.5 Å². The molecule has 6 heteroatoms. The Bertz CT molecular complexity index is 453. The van der Waals surface area contributed by atoms with Gasteiger partial charge in [0.05, 0.1) is 5.25 Å². The maximum atomic E-state index is 12.3. The zero-order valence-corrected chi connectivity index (χ0v) is 13.3. The standard InChI is InChI=1S/C14H23N3O2S/c1-10(20-3)12(18)16-14(8-6-4-5-7-9-14)13-15-11(2)19-17-13/h10H,4-9H2,1-3H3,(H,16,18). The van der Waals surface area contributed by atoms with Crippen LogP contribution in [-0.2, 0) is 10.3 Å². The first-order valence-corrected chi connectivity index (χ1v) is 8.52. The predicted molar refractivity (Wildman–Crippen MR) is 79.5 cm³/mol. The Morgan fingerprint density at radius 2 is 2.00 bits per heavy atom. The number of hydrogen-bond acceptors (Lipinski definition) is 5. The molecule has 1 heterocycles. The van der Waals surface area contributed by atoms with E-state index < -0.39 is 5.54 Å². The highest BCUT2D eigenvalue weighted by atomic mass is 32.2. The van der Waals surface area contributed by atoms with Crippen LogP contribution in [-0.4, -0.2) is 27.6 Å². The Morgan fingerprint density at radius 3 is 2.50 bits per heavy atom. The predicted octanol–water partition coefficient (Wildman–Crippen LogP) is 2.80. The topological polar surface area (TPSA) is 68.0 Å². The van der Waals surface area contributed by atoms with Crippen LogP contribution in [0.25, 0.3) is 0 Å².